The van der Waals surface area contributed by atoms with Crippen LogP contribution in [0.1, 0.15) is 40.2 Å². The normalized spacial score (nSPS) is 10.8. The van der Waals surface area contributed by atoms with Crippen LogP contribution in [0.4, 0.5) is 0 Å². The summed E-state index contributed by atoms with van der Waals surface area (Å²) in [5.41, 5.74) is 3.51. The van der Waals surface area contributed by atoms with E-state index in [1.807, 2.05) is 17.7 Å². The number of hydrogen-bond acceptors (Lipinski definition) is 3. The van der Waals surface area contributed by atoms with Crippen molar-refractivity contribution >= 4 is 6.29 Å². The molecule has 0 atom stereocenters. The van der Waals surface area contributed by atoms with Gasteiger partial charge in [-0.25, -0.2) is 0 Å². The number of carbonyl (C=O) groups is 1. The molecule has 0 fully saturated rings. The van der Waals surface area contributed by atoms with Crippen LogP contribution in [0.25, 0.3) is 0 Å². The van der Waals surface area contributed by atoms with E-state index in [9.17, 15) is 4.79 Å². The van der Waals surface area contributed by atoms with Crippen molar-refractivity contribution in [3.8, 4) is 0 Å². The summed E-state index contributed by atoms with van der Waals surface area (Å²) in [5, 5.41) is 4.48. The fourth-order valence-electron chi connectivity index (χ4n) is 2.09. The van der Waals surface area contributed by atoms with Gasteiger partial charge >= 0.3 is 0 Å². The molecule has 4 nitrogen and oxygen atoms in total. The molecule has 2 aromatic rings. The molecule has 0 saturated heterocycles. The zero-order chi connectivity index (χ0) is 12.4. The topological polar surface area (TPSA) is 48.0 Å². The van der Waals surface area contributed by atoms with E-state index in [0.29, 0.717) is 18.6 Å². The van der Waals surface area contributed by atoms with Crippen LogP contribution in [0.15, 0.2) is 16.5 Å². The molecule has 2 aromatic heterocycles. The highest BCUT2D eigenvalue weighted by molar-refractivity contribution is 5.70. The molecule has 0 aromatic carbocycles. The summed E-state index contributed by atoms with van der Waals surface area (Å²) < 4.78 is 7.26. The number of aromatic nitrogens is 2. The highest BCUT2D eigenvalue weighted by atomic mass is 16.3. The first-order chi connectivity index (χ1) is 8.15. The van der Waals surface area contributed by atoms with Gasteiger partial charge in [0.15, 0.2) is 12.0 Å². The molecule has 2 rings (SSSR count). The Morgan fingerprint density at radius 1 is 1.41 bits per heavy atom. The molecule has 0 aliphatic heterocycles. The van der Waals surface area contributed by atoms with Crippen LogP contribution in [0.3, 0.4) is 0 Å². The van der Waals surface area contributed by atoms with E-state index in [-0.39, 0.29) is 0 Å². The summed E-state index contributed by atoms with van der Waals surface area (Å²) in [6.45, 7) is 6.77. The summed E-state index contributed by atoms with van der Waals surface area (Å²) in [5.74, 6) is 1.11. The molecule has 0 unspecified atom stereocenters. The first kappa shape index (κ1) is 11.6. The molecule has 0 aliphatic rings. The predicted molar refractivity (Wildman–Crippen MR) is 64.3 cm³/mol. The molecule has 0 bridgehead atoms. The molecule has 0 amide bonds. The van der Waals surface area contributed by atoms with Gasteiger partial charge < -0.3 is 4.42 Å². The van der Waals surface area contributed by atoms with Crippen LogP contribution in [0, 0.1) is 13.8 Å². The Bertz CT molecular complexity index is 538. The van der Waals surface area contributed by atoms with Crippen molar-refractivity contribution in [3.05, 3.63) is 40.6 Å². The lowest BCUT2D eigenvalue weighted by Gasteiger charge is -2.02. The molecular weight excluding hydrogens is 216 g/mol. The molecule has 4 heteroatoms. The van der Waals surface area contributed by atoms with E-state index < -0.39 is 0 Å². The minimum atomic E-state index is 0.359. The number of aldehydes is 1. The summed E-state index contributed by atoms with van der Waals surface area (Å²) >= 11 is 0. The predicted octanol–water partition coefficient (Wildman–Crippen LogP) is 2.52. The maximum Gasteiger partial charge on any atom is 0.185 e. The molecule has 0 aliphatic carbocycles. The van der Waals surface area contributed by atoms with Gasteiger partial charge in [0, 0.05) is 5.69 Å². The Hall–Kier alpha value is -1.84. The Morgan fingerprint density at radius 3 is 2.71 bits per heavy atom. The van der Waals surface area contributed by atoms with E-state index in [4.69, 9.17) is 4.42 Å². The summed E-state index contributed by atoms with van der Waals surface area (Å²) in [4.78, 5) is 10.5. The number of hydrogen-bond donors (Lipinski definition) is 0. The van der Waals surface area contributed by atoms with Gasteiger partial charge in [-0.05, 0) is 38.0 Å². The lowest BCUT2D eigenvalue weighted by atomic mass is 10.1. The second kappa shape index (κ2) is 4.57. The van der Waals surface area contributed by atoms with Crippen molar-refractivity contribution in [1.29, 1.82) is 0 Å². The first-order valence-electron chi connectivity index (χ1n) is 5.72. The van der Waals surface area contributed by atoms with Crippen molar-refractivity contribution in [2.45, 2.75) is 33.7 Å². The summed E-state index contributed by atoms with van der Waals surface area (Å²) in [6.07, 6.45) is 1.69. The van der Waals surface area contributed by atoms with Crippen molar-refractivity contribution in [2.24, 2.45) is 0 Å². The monoisotopic (exact) mass is 232 g/mol. The third-order valence-corrected chi connectivity index (χ3v) is 2.99. The molecule has 0 saturated carbocycles. The van der Waals surface area contributed by atoms with Crippen molar-refractivity contribution in [3.63, 3.8) is 0 Å². The fourth-order valence-corrected chi connectivity index (χ4v) is 2.09. The number of nitrogens with zero attached hydrogens (tertiary/aromatic N) is 2. The third kappa shape index (κ3) is 2.16. The highest BCUT2D eigenvalue weighted by Crippen LogP contribution is 2.16. The lowest BCUT2D eigenvalue weighted by molar-refractivity contribution is 0.109. The van der Waals surface area contributed by atoms with Crippen LogP contribution in [-0.2, 0) is 13.0 Å². The van der Waals surface area contributed by atoms with Gasteiger partial charge in [-0.3, -0.25) is 9.48 Å². The summed E-state index contributed by atoms with van der Waals surface area (Å²) in [6, 6.07) is 3.49. The Labute approximate surface area is 100 Å². The van der Waals surface area contributed by atoms with Crippen LogP contribution in [-0.4, -0.2) is 16.1 Å². The number of aryl methyl sites for hydroxylation is 1. The van der Waals surface area contributed by atoms with Gasteiger partial charge in [-0.1, -0.05) is 6.92 Å². The largest absolute Gasteiger partial charge is 0.456 e. The van der Waals surface area contributed by atoms with E-state index >= 15 is 0 Å². The fraction of sp³-hybridized carbons (Fsp3) is 0.385. The maximum atomic E-state index is 10.5. The highest BCUT2D eigenvalue weighted by Gasteiger charge is 2.11. The molecule has 0 radical (unpaired) electrons. The Morgan fingerprint density at radius 2 is 2.18 bits per heavy atom. The quantitative estimate of drug-likeness (QED) is 0.761. The summed E-state index contributed by atoms with van der Waals surface area (Å²) in [7, 11) is 0. The average molecular weight is 232 g/mol. The Balaban J connectivity index is 2.26. The van der Waals surface area contributed by atoms with Gasteiger partial charge in [-0.15, -0.1) is 0 Å². The minimum absolute atomic E-state index is 0.359. The van der Waals surface area contributed by atoms with Crippen molar-refractivity contribution in [2.75, 3.05) is 0 Å². The molecule has 17 heavy (non-hydrogen) atoms. The van der Waals surface area contributed by atoms with Gasteiger partial charge in [0.1, 0.15) is 5.76 Å². The number of rotatable bonds is 4. The van der Waals surface area contributed by atoms with Gasteiger partial charge in [0.25, 0.3) is 0 Å². The first-order valence-corrected chi connectivity index (χ1v) is 5.72. The van der Waals surface area contributed by atoms with Gasteiger partial charge in [-0.2, -0.15) is 5.10 Å². The van der Waals surface area contributed by atoms with Gasteiger partial charge in [0.05, 0.1) is 12.2 Å². The van der Waals surface area contributed by atoms with Crippen LogP contribution in [0.5, 0.6) is 0 Å². The number of furan rings is 1. The zero-order valence-electron chi connectivity index (χ0n) is 10.4. The van der Waals surface area contributed by atoms with E-state index in [1.165, 1.54) is 5.56 Å². The van der Waals surface area contributed by atoms with Gasteiger partial charge in [0.2, 0.25) is 0 Å². The molecule has 90 valence electrons. The molecule has 2 heterocycles. The molecule has 0 N–H and O–H groups in total. The third-order valence-electron chi connectivity index (χ3n) is 2.99. The second-order valence-corrected chi connectivity index (χ2v) is 4.08. The zero-order valence-corrected chi connectivity index (χ0v) is 10.4. The van der Waals surface area contributed by atoms with Crippen molar-refractivity contribution < 1.29 is 9.21 Å². The Kier molecular flexibility index (Phi) is 3.13. The lowest BCUT2D eigenvalue weighted by Crippen LogP contribution is -2.03. The SMILES string of the molecule is CCc1c(C)nn(Cc2ccc(C=O)o2)c1C. The molecule has 0 spiro atoms. The molecular formula is C13H16N2O2. The number of carbonyl (C=O) groups excluding carboxylic acids is 1. The van der Waals surface area contributed by atoms with Crippen LogP contribution < -0.4 is 0 Å². The maximum absolute atomic E-state index is 10.5. The van der Waals surface area contributed by atoms with Crippen molar-refractivity contribution in [1.82, 2.24) is 9.78 Å². The van der Waals surface area contributed by atoms with E-state index in [2.05, 4.69) is 18.9 Å². The van der Waals surface area contributed by atoms with Crippen LogP contribution in [0.2, 0.25) is 0 Å². The second-order valence-electron chi connectivity index (χ2n) is 4.08. The van der Waals surface area contributed by atoms with E-state index in [0.717, 1.165) is 23.6 Å². The smallest absolute Gasteiger partial charge is 0.185 e. The standard InChI is InChI=1S/C13H16N2O2/c1-4-13-9(2)14-15(10(13)3)7-11-5-6-12(8-16)17-11/h5-6,8H,4,7H2,1-3H3. The average Bonchev–Trinajstić information content (AvgIpc) is 2.86. The van der Waals surface area contributed by atoms with E-state index in [1.54, 1.807) is 6.07 Å². The van der Waals surface area contributed by atoms with Crippen LogP contribution >= 0.6 is 0 Å². The minimum Gasteiger partial charge on any atom is -0.456 e.